The van der Waals surface area contributed by atoms with Gasteiger partial charge in [0.05, 0.1) is 5.52 Å². The third-order valence-corrected chi connectivity index (χ3v) is 3.61. The summed E-state index contributed by atoms with van der Waals surface area (Å²) in [5.74, 6) is 0.102. The fourth-order valence-corrected chi connectivity index (χ4v) is 2.44. The summed E-state index contributed by atoms with van der Waals surface area (Å²) in [7, 11) is 0. The van der Waals surface area contributed by atoms with Gasteiger partial charge in [0.25, 0.3) is 5.91 Å². The topological polar surface area (TPSA) is 80.9 Å². The summed E-state index contributed by atoms with van der Waals surface area (Å²) in [6.07, 6.45) is 3.76. The van der Waals surface area contributed by atoms with Crippen molar-refractivity contribution in [1.82, 2.24) is 9.97 Å². The molecule has 1 heterocycles. The van der Waals surface area contributed by atoms with Gasteiger partial charge in [-0.3, -0.25) is 4.79 Å². The highest BCUT2D eigenvalue weighted by atomic mass is 16.1. The van der Waals surface area contributed by atoms with Crippen LogP contribution in [-0.4, -0.2) is 15.9 Å². The summed E-state index contributed by atoms with van der Waals surface area (Å²) >= 11 is 0. The lowest BCUT2D eigenvalue weighted by Gasteiger charge is -2.07. The second-order valence-electron chi connectivity index (χ2n) is 5.40. The van der Waals surface area contributed by atoms with E-state index < -0.39 is 0 Å². The summed E-state index contributed by atoms with van der Waals surface area (Å²) in [5, 5.41) is 3.72. The van der Waals surface area contributed by atoms with Crippen LogP contribution in [0.25, 0.3) is 10.9 Å². The number of hydrogen-bond acceptors (Lipinski definition) is 4. The molecule has 1 amide bonds. The minimum atomic E-state index is -0.135. The number of aromatic nitrogens is 2. The van der Waals surface area contributed by atoms with Crippen molar-refractivity contribution in [2.75, 3.05) is 11.1 Å². The maximum Gasteiger partial charge on any atom is 0.255 e. The number of aryl methyl sites for hydroxylation is 1. The van der Waals surface area contributed by atoms with E-state index in [0.29, 0.717) is 11.3 Å². The molecular weight excluding hydrogens is 288 g/mol. The molecule has 0 fully saturated rings. The molecule has 23 heavy (non-hydrogen) atoms. The largest absolute Gasteiger partial charge is 0.368 e. The number of carbonyl (C=O) groups is 1. The lowest BCUT2D eigenvalue weighted by Crippen LogP contribution is -2.11. The smallest absolute Gasteiger partial charge is 0.255 e. The van der Waals surface area contributed by atoms with Gasteiger partial charge in [-0.2, -0.15) is 0 Å². The fraction of sp³-hybridized carbons (Fsp3) is 0.167. The molecule has 0 bridgehead atoms. The van der Waals surface area contributed by atoms with E-state index in [9.17, 15) is 4.79 Å². The Kier molecular flexibility index (Phi) is 4.19. The Morgan fingerprint density at radius 1 is 1.17 bits per heavy atom. The third kappa shape index (κ3) is 3.45. The van der Waals surface area contributed by atoms with Gasteiger partial charge in [-0.15, -0.1) is 0 Å². The molecule has 3 aromatic rings. The Labute approximate surface area is 134 Å². The van der Waals surface area contributed by atoms with Crippen molar-refractivity contribution in [2.24, 2.45) is 0 Å². The maximum atomic E-state index is 12.3. The van der Waals surface area contributed by atoms with Gasteiger partial charge < -0.3 is 11.1 Å². The summed E-state index contributed by atoms with van der Waals surface area (Å²) in [6.45, 7) is 2.14. The van der Waals surface area contributed by atoms with Crippen LogP contribution in [0.5, 0.6) is 0 Å². The molecule has 0 saturated carbocycles. The first-order valence-electron chi connectivity index (χ1n) is 7.58. The second kappa shape index (κ2) is 6.44. The number of nitrogens with zero attached hydrogens (tertiary/aromatic N) is 2. The van der Waals surface area contributed by atoms with Gasteiger partial charge in [0, 0.05) is 22.8 Å². The number of rotatable bonds is 4. The number of amides is 1. The van der Waals surface area contributed by atoms with Crippen LogP contribution >= 0.6 is 0 Å². The van der Waals surface area contributed by atoms with E-state index in [-0.39, 0.29) is 11.9 Å². The molecule has 0 atom stereocenters. The van der Waals surface area contributed by atoms with Crippen molar-refractivity contribution in [1.29, 1.82) is 0 Å². The molecule has 116 valence electrons. The predicted molar refractivity (Wildman–Crippen MR) is 92.3 cm³/mol. The van der Waals surface area contributed by atoms with Crippen molar-refractivity contribution >= 4 is 28.4 Å². The fourth-order valence-electron chi connectivity index (χ4n) is 2.44. The molecule has 0 spiro atoms. The van der Waals surface area contributed by atoms with Crippen LogP contribution in [0.2, 0.25) is 0 Å². The Hall–Kier alpha value is -2.95. The van der Waals surface area contributed by atoms with E-state index >= 15 is 0 Å². The van der Waals surface area contributed by atoms with Crippen LogP contribution < -0.4 is 11.1 Å². The Morgan fingerprint density at radius 3 is 2.70 bits per heavy atom. The molecule has 0 aliphatic heterocycles. The van der Waals surface area contributed by atoms with Crippen LogP contribution in [0.15, 0.2) is 48.7 Å². The highest BCUT2D eigenvalue weighted by Crippen LogP contribution is 2.18. The monoisotopic (exact) mass is 306 g/mol. The summed E-state index contributed by atoms with van der Waals surface area (Å²) < 4.78 is 0. The van der Waals surface area contributed by atoms with Crippen LogP contribution in [0.3, 0.4) is 0 Å². The van der Waals surface area contributed by atoms with Crippen molar-refractivity contribution in [3.05, 3.63) is 59.8 Å². The highest BCUT2D eigenvalue weighted by molar-refractivity contribution is 6.05. The lowest BCUT2D eigenvalue weighted by atomic mass is 10.1. The van der Waals surface area contributed by atoms with E-state index in [0.717, 1.165) is 23.7 Å². The number of nitrogens with one attached hydrogen (secondary N) is 1. The molecule has 2 aromatic carbocycles. The summed E-state index contributed by atoms with van der Waals surface area (Å²) in [4.78, 5) is 20.4. The van der Waals surface area contributed by atoms with Gasteiger partial charge >= 0.3 is 0 Å². The Bertz CT molecular complexity index is 843. The zero-order valence-electron chi connectivity index (χ0n) is 12.9. The van der Waals surface area contributed by atoms with Crippen molar-refractivity contribution < 1.29 is 4.79 Å². The van der Waals surface area contributed by atoms with E-state index in [1.807, 2.05) is 36.4 Å². The normalized spacial score (nSPS) is 10.7. The van der Waals surface area contributed by atoms with Gasteiger partial charge in [-0.1, -0.05) is 25.5 Å². The summed E-state index contributed by atoms with van der Waals surface area (Å²) in [5.41, 5.74) is 8.89. The number of anilines is 2. The first kappa shape index (κ1) is 15.0. The van der Waals surface area contributed by atoms with Crippen molar-refractivity contribution in [2.45, 2.75) is 19.8 Å². The van der Waals surface area contributed by atoms with Crippen LogP contribution in [0.1, 0.15) is 29.3 Å². The minimum Gasteiger partial charge on any atom is -0.368 e. The van der Waals surface area contributed by atoms with Gasteiger partial charge in [0.1, 0.15) is 0 Å². The van der Waals surface area contributed by atoms with Crippen LogP contribution in [0.4, 0.5) is 11.6 Å². The molecule has 0 unspecified atom stereocenters. The molecule has 1 aromatic heterocycles. The quantitative estimate of drug-likeness (QED) is 0.774. The van der Waals surface area contributed by atoms with Gasteiger partial charge in [0.15, 0.2) is 0 Å². The molecule has 3 rings (SSSR count). The lowest BCUT2D eigenvalue weighted by molar-refractivity contribution is 0.102. The molecule has 0 saturated heterocycles. The van der Waals surface area contributed by atoms with Crippen LogP contribution in [0, 0.1) is 0 Å². The van der Waals surface area contributed by atoms with E-state index in [4.69, 9.17) is 5.73 Å². The minimum absolute atomic E-state index is 0.135. The van der Waals surface area contributed by atoms with Gasteiger partial charge in [-0.05, 0) is 42.3 Å². The Balaban J connectivity index is 1.78. The second-order valence-corrected chi connectivity index (χ2v) is 5.40. The van der Waals surface area contributed by atoms with Gasteiger partial charge in [0.2, 0.25) is 5.95 Å². The van der Waals surface area contributed by atoms with E-state index in [1.54, 1.807) is 12.3 Å². The molecular formula is C18H18N4O. The number of carbonyl (C=O) groups excluding carboxylic acids is 1. The highest BCUT2D eigenvalue weighted by Gasteiger charge is 2.07. The summed E-state index contributed by atoms with van der Waals surface area (Å²) in [6, 6.07) is 13.1. The molecule has 0 aliphatic carbocycles. The number of fused-ring (bicyclic) bond motifs is 1. The van der Waals surface area contributed by atoms with Crippen molar-refractivity contribution in [3.8, 4) is 0 Å². The molecule has 0 radical (unpaired) electrons. The van der Waals surface area contributed by atoms with Crippen LogP contribution in [-0.2, 0) is 6.42 Å². The number of hydrogen-bond donors (Lipinski definition) is 2. The molecule has 5 heteroatoms. The standard InChI is InChI=1S/C18H18N4O/c1-2-3-12-4-6-13(7-5-12)17(23)21-15-8-9-16-14(10-15)11-20-18(19)22-16/h4-11H,2-3H2,1H3,(H,21,23)(H2,19,20,22). The zero-order chi connectivity index (χ0) is 16.2. The molecule has 5 nitrogen and oxygen atoms in total. The van der Waals surface area contributed by atoms with E-state index in [2.05, 4.69) is 22.2 Å². The number of benzene rings is 2. The van der Waals surface area contributed by atoms with E-state index in [1.165, 1.54) is 5.56 Å². The molecule has 3 N–H and O–H groups in total. The predicted octanol–water partition coefficient (Wildman–Crippen LogP) is 3.42. The van der Waals surface area contributed by atoms with Gasteiger partial charge in [-0.25, -0.2) is 9.97 Å². The SMILES string of the molecule is CCCc1ccc(C(=O)Nc2ccc3nc(N)ncc3c2)cc1. The zero-order valence-corrected chi connectivity index (χ0v) is 12.9. The third-order valence-electron chi connectivity index (χ3n) is 3.61. The first-order valence-corrected chi connectivity index (χ1v) is 7.58. The average molecular weight is 306 g/mol. The number of nitrogen functional groups attached to an aromatic ring is 1. The number of nitrogens with two attached hydrogens (primary N) is 1. The first-order chi connectivity index (χ1) is 11.2. The average Bonchev–Trinajstić information content (AvgIpc) is 2.56. The van der Waals surface area contributed by atoms with Crippen molar-refractivity contribution in [3.63, 3.8) is 0 Å². The molecule has 0 aliphatic rings. The Morgan fingerprint density at radius 2 is 1.96 bits per heavy atom. The maximum absolute atomic E-state index is 12.3.